The van der Waals surface area contributed by atoms with Gasteiger partial charge in [0.1, 0.15) is 10.8 Å². The Morgan fingerprint density at radius 3 is 2.55 bits per heavy atom. The van der Waals surface area contributed by atoms with Gasteiger partial charge < -0.3 is 10.1 Å². The van der Waals surface area contributed by atoms with Crippen LogP contribution in [0.2, 0.25) is 0 Å². The molecule has 0 saturated carbocycles. The summed E-state index contributed by atoms with van der Waals surface area (Å²) in [7, 11) is 0. The van der Waals surface area contributed by atoms with Gasteiger partial charge in [0.15, 0.2) is 5.11 Å². The molecule has 0 unspecified atom stereocenters. The molecular weight excluding hydrogens is 426 g/mol. The van der Waals surface area contributed by atoms with Gasteiger partial charge in [0.25, 0.3) is 5.91 Å². The van der Waals surface area contributed by atoms with Crippen LogP contribution in [0.4, 0.5) is 5.69 Å². The van der Waals surface area contributed by atoms with Crippen LogP contribution in [0, 0.1) is 0 Å². The quantitative estimate of drug-likeness (QED) is 0.362. The summed E-state index contributed by atoms with van der Waals surface area (Å²) >= 11 is 7.00. The molecule has 5 nitrogen and oxygen atoms in total. The summed E-state index contributed by atoms with van der Waals surface area (Å²) in [6, 6.07) is 22.8. The summed E-state index contributed by atoms with van der Waals surface area (Å²) in [6.45, 7) is 2.69. The fraction of sp³-hybridized carbons (Fsp3) is 0.125. The Hall–Kier alpha value is -3.29. The minimum atomic E-state index is -0.281. The Morgan fingerprint density at radius 1 is 1.03 bits per heavy atom. The number of hydrogen-bond acceptors (Lipinski definition) is 5. The van der Waals surface area contributed by atoms with E-state index < -0.39 is 0 Å². The summed E-state index contributed by atoms with van der Waals surface area (Å²) < 4.78 is 6.67. The van der Waals surface area contributed by atoms with Crippen LogP contribution >= 0.6 is 23.6 Å². The third-order valence-corrected chi connectivity index (χ3v) is 5.79. The van der Waals surface area contributed by atoms with Gasteiger partial charge in [0, 0.05) is 11.1 Å². The van der Waals surface area contributed by atoms with Crippen molar-refractivity contribution in [2.45, 2.75) is 13.3 Å². The molecule has 0 aliphatic heterocycles. The van der Waals surface area contributed by atoms with Crippen molar-refractivity contribution >= 4 is 50.5 Å². The van der Waals surface area contributed by atoms with Crippen molar-refractivity contribution in [1.29, 1.82) is 0 Å². The number of benzene rings is 3. The highest BCUT2D eigenvalue weighted by Gasteiger charge is 2.13. The van der Waals surface area contributed by atoms with Crippen molar-refractivity contribution in [3.05, 3.63) is 78.4 Å². The van der Waals surface area contributed by atoms with Gasteiger partial charge in [-0.3, -0.25) is 10.1 Å². The molecular formula is C24H21N3O2S2. The third-order valence-electron chi connectivity index (χ3n) is 4.52. The number of thiazole rings is 1. The van der Waals surface area contributed by atoms with Gasteiger partial charge in [-0.1, -0.05) is 31.2 Å². The minimum Gasteiger partial charge on any atom is -0.494 e. The first-order valence-electron chi connectivity index (χ1n) is 9.94. The second-order valence-corrected chi connectivity index (χ2v) is 8.25. The Morgan fingerprint density at radius 2 is 1.77 bits per heavy atom. The van der Waals surface area contributed by atoms with Crippen LogP contribution in [0.5, 0.6) is 5.75 Å². The number of aromatic nitrogens is 1. The molecule has 4 rings (SSSR count). The average molecular weight is 448 g/mol. The molecule has 0 aliphatic carbocycles. The van der Waals surface area contributed by atoms with Crippen LogP contribution in [0.25, 0.3) is 20.8 Å². The first kappa shape index (κ1) is 21.0. The molecule has 2 N–H and O–H groups in total. The largest absolute Gasteiger partial charge is 0.494 e. The topological polar surface area (TPSA) is 63.2 Å². The van der Waals surface area contributed by atoms with Crippen molar-refractivity contribution in [2.75, 3.05) is 11.9 Å². The van der Waals surface area contributed by atoms with E-state index in [2.05, 4.69) is 16.7 Å². The first-order valence-corrected chi connectivity index (χ1v) is 11.2. The minimum absolute atomic E-state index is 0.227. The molecule has 0 aliphatic rings. The number of nitrogens with zero attached hydrogens (tertiary/aromatic N) is 1. The number of fused-ring (bicyclic) bond motifs is 1. The van der Waals surface area contributed by atoms with E-state index in [9.17, 15) is 4.79 Å². The number of ether oxygens (including phenoxy) is 1. The number of rotatable bonds is 6. The molecule has 0 spiro atoms. The number of carbonyl (C=O) groups excluding carboxylic acids is 1. The second-order valence-electron chi connectivity index (χ2n) is 6.81. The van der Waals surface area contributed by atoms with E-state index in [0.29, 0.717) is 12.2 Å². The van der Waals surface area contributed by atoms with Gasteiger partial charge in [0.2, 0.25) is 0 Å². The number of anilines is 1. The lowest BCUT2D eigenvalue weighted by Crippen LogP contribution is -2.34. The molecule has 156 valence electrons. The zero-order valence-electron chi connectivity index (χ0n) is 16.9. The highest BCUT2D eigenvalue weighted by atomic mass is 32.1. The zero-order chi connectivity index (χ0) is 21.6. The molecule has 0 bridgehead atoms. The summed E-state index contributed by atoms with van der Waals surface area (Å²) in [5.74, 6) is 0.459. The lowest BCUT2D eigenvalue weighted by Gasteiger charge is -2.12. The predicted molar refractivity (Wildman–Crippen MR) is 131 cm³/mol. The van der Waals surface area contributed by atoms with Crippen molar-refractivity contribution in [2.24, 2.45) is 0 Å². The molecule has 4 aromatic rings. The molecule has 3 aromatic carbocycles. The molecule has 1 aromatic heterocycles. The van der Waals surface area contributed by atoms with Crippen molar-refractivity contribution in [1.82, 2.24) is 10.3 Å². The number of nitrogens with one attached hydrogen (secondary N) is 2. The monoisotopic (exact) mass is 447 g/mol. The Balaban J connectivity index is 1.46. The molecule has 0 fully saturated rings. The summed E-state index contributed by atoms with van der Waals surface area (Å²) in [4.78, 5) is 17.3. The van der Waals surface area contributed by atoms with E-state index in [1.807, 2.05) is 49.4 Å². The van der Waals surface area contributed by atoms with Crippen molar-refractivity contribution in [3.8, 4) is 16.3 Å². The SMILES string of the molecule is CCCOc1ccc(C(=O)NC(=S)Nc2ccccc2-c2nc3ccccc3s2)cc1. The molecule has 0 atom stereocenters. The van der Waals surface area contributed by atoms with Crippen molar-refractivity contribution < 1.29 is 9.53 Å². The van der Waals surface area contributed by atoms with E-state index >= 15 is 0 Å². The Bertz CT molecular complexity index is 1190. The fourth-order valence-corrected chi connectivity index (χ4v) is 4.23. The second kappa shape index (κ2) is 9.68. The molecule has 0 radical (unpaired) electrons. The summed E-state index contributed by atoms with van der Waals surface area (Å²) in [6.07, 6.45) is 0.931. The first-order chi connectivity index (χ1) is 15.1. The van der Waals surface area contributed by atoms with E-state index in [0.717, 1.165) is 38.6 Å². The average Bonchev–Trinajstić information content (AvgIpc) is 3.22. The lowest BCUT2D eigenvalue weighted by molar-refractivity contribution is 0.0977. The number of thiocarbonyl (C=S) groups is 1. The molecule has 1 amide bonds. The maximum Gasteiger partial charge on any atom is 0.257 e. The van der Waals surface area contributed by atoms with Crippen molar-refractivity contribution in [3.63, 3.8) is 0 Å². The normalized spacial score (nSPS) is 10.6. The maximum atomic E-state index is 12.6. The number of hydrogen-bond donors (Lipinski definition) is 2. The van der Waals surface area contributed by atoms with E-state index in [-0.39, 0.29) is 11.0 Å². The summed E-state index contributed by atoms with van der Waals surface area (Å²) in [5.41, 5.74) is 3.18. The Labute approximate surface area is 190 Å². The highest BCUT2D eigenvalue weighted by Crippen LogP contribution is 2.34. The molecule has 0 saturated heterocycles. The standard InChI is InChI=1S/C24H21N3O2S2/c1-2-15-29-17-13-11-16(12-14-17)22(28)27-24(30)26-19-8-4-3-7-18(19)23-25-20-9-5-6-10-21(20)31-23/h3-14H,2,15H2,1H3,(H2,26,27,28,30). The van der Waals surface area contributed by atoms with Crippen LogP contribution in [0.15, 0.2) is 72.8 Å². The summed E-state index contributed by atoms with van der Waals surface area (Å²) in [5, 5.41) is 6.99. The van der Waals surface area contributed by atoms with E-state index in [1.165, 1.54) is 0 Å². The number of carbonyl (C=O) groups is 1. The van der Waals surface area contributed by atoms with Crippen LogP contribution < -0.4 is 15.4 Å². The molecule has 7 heteroatoms. The van der Waals surface area contributed by atoms with Gasteiger partial charge in [-0.25, -0.2) is 4.98 Å². The maximum absolute atomic E-state index is 12.6. The molecule has 31 heavy (non-hydrogen) atoms. The smallest absolute Gasteiger partial charge is 0.257 e. The Kier molecular flexibility index (Phi) is 6.54. The number of para-hydroxylation sites is 2. The number of amides is 1. The van der Waals surface area contributed by atoms with Gasteiger partial charge in [-0.15, -0.1) is 11.3 Å². The third kappa shape index (κ3) is 5.07. The van der Waals surface area contributed by atoms with Gasteiger partial charge >= 0.3 is 0 Å². The van der Waals surface area contributed by atoms with Gasteiger partial charge in [0.05, 0.1) is 22.5 Å². The van der Waals surface area contributed by atoms with Gasteiger partial charge in [-0.2, -0.15) is 0 Å². The fourth-order valence-electron chi connectivity index (χ4n) is 3.02. The van der Waals surface area contributed by atoms with Crippen LogP contribution in [-0.4, -0.2) is 22.6 Å². The van der Waals surface area contributed by atoms with Crippen LogP contribution in [0.3, 0.4) is 0 Å². The zero-order valence-corrected chi connectivity index (χ0v) is 18.6. The molecule has 1 heterocycles. The van der Waals surface area contributed by atoms with E-state index in [4.69, 9.17) is 21.9 Å². The predicted octanol–water partition coefficient (Wildman–Crippen LogP) is 5.88. The van der Waals surface area contributed by atoms with Crippen LogP contribution in [0.1, 0.15) is 23.7 Å². The van der Waals surface area contributed by atoms with Crippen LogP contribution in [-0.2, 0) is 0 Å². The lowest BCUT2D eigenvalue weighted by atomic mass is 10.2. The highest BCUT2D eigenvalue weighted by molar-refractivity contribution is 7.80. The van der Waals surface area contributed by atoms with E-state index in [1.54, 1.807) is 35.6 Å². The van der Waals surface area contributed by atoms with Gasteiger partial charge in [-0.05, 0) is 67.2 Å².